The predicted molar refractivity (Wildman–Crippen MR) is 123 cm³/mol. The molecule has 158 valence electrons. The Bertz CT molecular complexity index is 1020. The number of carbonyl (C=O) groups excluding carboxylic acids is 1. The van der Waals surface area contributed by atoms with Gasteiger partial charge in [-0.3, -0.25) is 4.79 Å². The van der Waals surface area contributed by atoms with Gasteiger partial charge in [0.05, 0.1) is 7.11 Å². The van der Waals surface area contributed by atoms with Crippen molar-refractivity contribution in [1.29, 1.82) is 0 Å². The van der Waals surface area contributed by atoms with Crippen molar-refractivity contribution in [1.82, 2.24) is 9.88 Å². The Hall–Kier alpha value is -2.95. The summed E-state index contributed by atoms with van der Waals surface area (Å²) in [5, 5.41) is 4.32. The van der Waals surface area contributed by atoms with Crippen LogP contribution >= 0.6 is 0 Å². The number of nitrogens with one attached hydrogen (secondary N) is 1. The number of amides is 1. The molecule has 1 fully saturated rings. The molecule has 0 saturated carbocycles. The third kappa shape index (κ3) is 4.30. The number of benzene rings is 2. The molecule has 4 rings (SSSR count). The third-order valence-electron chi connectivity index (χ3n) is 6.03. The number of aromatic nitrogens is 1. The molecule has 0 radical (unpaired) electrons. The molecule has 1 amide bonds. The number of anilines is 1. The smallest absolute Gasteiger partial charge is 0.251 e. The van der Waals surface area contributed by atoms with Crippen LogP contribution in [0.15, 0.2) is 48.7 Å². The van der Waals surface area contributed by atoms with E-state index in [-0.39, 0.29) is 11.9 Å². The van der Waals surface area contributed by atoms with Crippen molar-refractivity contribution in [3.8, 4) is 5.75 Å². The minimum absolute atomic E-state index is 0.0227. The van der Waals surface area contributed by atoms with Crippen molar-refractivity contribution in [2.24, 2.45) is 7.05 Å². The van der Waals surface area contributed by atoms with Gasteiger partial charge in [0.25, 0.3) is 5.91 Å². The van der Waals surface area contributed by atoms with E-state index in [0.717, 1.165) is 30.8 Å². The van der Waals surface area contributed by atoms with Crippen molar-refractivity contribution >= 4 is 22.5 Å². The van der Waals surface area contributed by atoms with Gasteiger partial charge in [-0.15, -0.1) is 0 Å². The van der Waals surface area contributed by atoms with Crippen LogP contribution in [0.2, 0.25) is 0 Å². The van der Waals surface area contributed by atoms with Gasteiger partial charge in [0.2, 0.25) is 0 Å². The summed E-state index contributed by atoms with van der Waals surface area (Å²) in [6.07, 6.45) is 6.72. The summed E-state index contributed by atoms with van der Waals surface area (Å²) in [7, 11) is 3.73. The number of methoxy groups -OCH3 is 1. The summed E-state index contributed by atoms with van der Waals surface area (Å²) in [6.45, 7) is 4.27. The molecule has 1 atom stereocenters. The second-order valence-corrected chi connectivity index (χ2v) is 8.32. The number of piperidine rings is 1. The third-order valence-corrected chi connectivity index (χ3v) is 6.03. The fourth-order valence-electron chi connectivity index (χ4n) is 4.41. The lowest BCUT2D eigenvalue weighted by Crippen LogP contribution is -2.34. The molecule has 2 aromatic carbocycles. The van der Waals surface area contributed by atoms with E-state index in [1.165, 1.54) is 35.9 Å². The maximum Gasteiger partial charge on any atom is 0.251 e. The average molecular weight is 406 g/mol. The molecule has 5 nitrogen and oxygen atoms in total. The molecule has 5 heteroatoms. The summed E-state index contributed by atoms with van der Waals surface area (Å²) < 4.78 is 7.51. The molecule has 0 spiro atoms. The van der Waals surface area contributed by atoms with Crippen LogP contribution < -0.4 is 15.0 Å². The molecule has 3 aromatic rings. The standard InChI is InChI=1S/C25H31N3O2/c1-18(15-20-17-27(2)24-12-11-22(30-3)16-23(20)24)26-25(29)19-7-9-21(10-8-19)28-13-5-4-6-14-28/h7-12,16-18H,4-6,13-15H2,1-3H3,(H,26,29)/t18-/m0/s1. The maximum atomic E-state index is 12.8. The number of hydrogen-bond donors (Lipinski definition) is 1. The van der Waals surface area contributed by atoms with Crippen LogP contribution in [0.1, 0.15) is 42.1 Å². The topological polar surface area (TPSA) is 46.5 Å². The zero-order chi connectivity index (χ0) is 21.1. The fourth-order valence-corrected chi connectivity index (χ4v) is 4.41. The van der Waals surface area contributed by atoms with Crippen LogP contribution in [0, 0.1) is 0 Å². The normalized spacial score (nSPS) is 15.2. The molecule has 30 heavy (non-hydrogen) atoms. The molecule has 1 aromatic heterocycles. The first-order valence-electron chi connectivity index (χ1n) is 10.8. The molecule has 1 aliphatic heterocycles. The van der Waals surface area contributed by atoms with E-state index in [0.29, 0.717) is 5.56 Å². The molecule has 1 aliphatic rings. The Morgan fingerprint density at radius 1 is 1.10 bits per heavy atom. The lowest BCUT2D eigenvalue weighted by Gasteiger charge is -2.28. The number of aryl methyl sites for hydroxylation is 1. The van der Waals surface area contributed by atoms with Crippen LogP contribution in [0.4, 0.5) is 5.69 Å². The van der Waals surface area contributed by atoms with E-state index in [1.807, 2.05) is 25.2 Å². The van der Waals surface area contributed by atoms with Gasteiger partial charge in [-0.1, -0.05) is 0 Å². The minimum atomic E-state index is -0.0227. The highest BCUT2D eigenvalue weighted by Crippen LogP contribution is 2.26. The monoisotopic (exact) mass is 405 g/mol. The fraction of sp³-hybridized carbons (Fsp3) is 0.400. The summed E-state index contributed by atoms with van der Waals surface area (Å²) in [5.74, 6) is 0.825. The first kappa shape index (κ1) is 20.3. The van der Waals surface area contributed by atoms with E-state index in [1.54, 1.807) is 7.11 Å². The van der Waals surface area contributed by atoms with Crippen LogP contribution in [-0.4, -0.2) is 36.7 Å². The first-order chi connectivity index (χ1) is 14.5. The molecule has 0 aliphatic carbocycles. The first-order valence-corrected chi connectivity index (χ1v) is 10.8. The van der Waals surface area contributed by atoms with Crippen LogP contribution in [0.5, 0.6) is 5.75 Å². The van der Waals surface area contributed by atoms with E-state index in [4.69, 9.17) is 4.74 Å². The van der Waals surface area contributed by atoms with Crippen molar-refractivity contribution in [2.45, 2.75) is 38.6 Å². The molecular formula is C25H31N3O2. The summed E-state index contributed by atoms with van der Waals surface area (Å²) in [6, 6.07) is 14.2. The van der Waals surface area contributed by atoms with Crippen molar-refractivity contribution in [3.05, 3.63) is 59.8 Å². The molecule has 1 saturated heterocycles. The molecular weight excluding hydrogens is 374 g/mol. The highest BCUT2D eigenvalue weighted by Gasteiger charge is 2.15. The van der Waals surface area contributed by atoms with Crippen LogP contribution in [0.3, 0.4) is 0 Å². The number of ether oxygens (including phenoxy) is 1. The second kappa shape index (κ2) is 8.82. The van der Waals surface area contributed by atoms with Crippen LogP contribution in [-0.2, 0) is 13.5 Å². The Balaban J connectivity index is 1.42. The Labute approximate surface area is 178 Å². The lowest BCUT2D eigenvalue weighted by atomic mass is 10.1. The number of carbonyl (C=O) groups is 1. The Kier molecular flexibility index (Phi) is 5.98. The van der Waals surface area contributed by atoms with Gasteiger partial charge < -0.3 is 19.5 Å². The lowest BCUT2D eigenvalue weighted by molar-refractivity contribution is 0.0940. The highest BCUT2D eigenvalue weighted by molar-refractivity contribution is 5.94. The van der Waals surface area contributed by atoms with Gasteiger partial charge in [0.15, 0.2) is 0 Å². The predicted octanol–water partition coefficient (Wildman–Crippen LogP) is 4.54. The van der Waals surface area contributed by atoms with Crippen LogP contribution in [0.25, 0.3) is 10.9 Å². The highest BCUT2D eigenvalue weighted by atomic mass is 16.5. The number of fused-ring (bicyclic) bond motifs is 1. The summed E-state index contributed by atoms with van der Waals surface area (Å²) >= 11 is 0. The quantitative estimate of drug-likeness (QED) is 0.655. The molecule has 1 N–H and O–H groups in total. The zero-order valence-corrected chi connectivity index (χ0v) is 18.1. The van der Waals surface area contributed by atoms with E-state index in [2.05, 4.69) is 52.2 Å². The van der Waals surface area contributed by atoms with E-state index >= 15 is 0 Å². The van der Waals surface area contributed by atoms with Crippen molar-refractivity contribution in [3.63, 3.8) is 0 Å². The van der Waals surface area contributed by atoms with E-state index in [9.17, 15) is 4.79 Å². The molecule has 0 bridgehead atoms. The largest absolute Gasteiger partial charge is 0.497 e. The Morgan fingerprint density at radius 2 is 1.83 bits per heavy atom. The number of rotatable bonds is 6. The summed E-state index contributed by atoms with van der Waals surface area (Å²) in [5.41, 5.74) is 4.29. The molecule has 0 unspecified atom stereocenters. The van der Waals surface area contributed by atoms with Gasteiger partial charge in [0, 0.05) is 54.5 Å². The van der Waals surface area contributed by atoms with Gasteiger partial charge in [-0.2, -0.15) is 0 Å². The molecule has 2 heterocycles. The average Bonchev–Trinajstić information content (AvgIpc) is 3.08. The van der Waals surface area contributed by atoms with Crippen molar-refractivity contribution in [2.75, 3.05) is 25.1 Å². The van der Waals surface area contributed by atoms with Crippen molar-refractivity contribution < 1.29 is 9.53 Å². The number of hydrogen-bond acceptors (Lipinski definition) is 3. The van der Waals surface area contributed by atoms with Gasteiger partial charge >= 0.3 is 0 Å². The van der Waals surface area contributed by atoms with Gasteiger partial charge in [-0.05, 0) is 80.6 Å². The minimum Gasteiger partial charge on any atom is -0.497 e. The van der Waals surface area contributed by atoms with Gasteiger partial charge in [0.1, 0.15) is 5.75 Å². The van der Waals surface area contributed by atoms with E-state index < -0.39 is 0 Å². The maximum absolute atomic E-state index is 12.8. The number of nitrogens with zero attached hydrogens (tertiary/aromatic N) is 2. The summed E-state index contributed by atoms with van der Waals surface area (Å²) in [4.78, 5) is 15.2. The Morgan fingerprint density at radius 3 is 2.53 bits per heavy atom. The van der Waals surface area contributed by atoms with Gasteiger partial charge in [-0.25, -0.2) is 0 Å². The SMILES string of the molecule is COc1ccc2c(c1)c(C[C@H](C)NC(=O)c1ccc(N3CCCCC3)cc1)cn2C. The second-order valence-electron chi connectivity index (χ2n) is 8.32. The zero-order valence-electron chi connectivity index (χ0n) is 18.1.